The predicted molar refractivity (Wildman–Crippen MR) is 95.8 cm³/mol. The monoisotopic (exact) mass is 340 g/mol. The molecule has 1 aliphatic rings. The van der Waals surface area contributed by atoms with E-state index in [1.807, 2.05) is 31.2 Å². The smallest absolute Gasteiger partial charge is 0.220 e. The van der Waals surface area contributed by atoms with Crippen LogP contribution >= 0.6 is 12.4 Å². The Morgan fingerprint density at radius 1 is 1.43 bits per heavy atom. The van der Waals surface area contributed by atoms with E-state index in [0.29, 0.717) is 18.3 Å². The molecular formula is C18H29ClN2O2. The van der Waals surface area contributed by atoms with Crippen LogP contribution in [0.25, 0.3) is 0 Å². The number of hydrogen-bond donors (Lipinski definition) is 3. The molecule has 0 aliphatic carbocycles. The molecule has 0 aromatic heterocycles. The number of aliphatic hydroxyl groups is 1. The Morgan fingerprint density at radius 3 is 2.83 bits per heavy atom. The Kier molecular flexibility index (Phi) is 8.59. The number of carbonyl (C=O) groups excluding carboxylic acids is 1. The largest absolute Gasteiger partial charge is 0.387 e. The summed E-state index contributed by atoms with van der Waals surface area (Å²) in [4.78, 5) is 12.1. The molecule has 2 rings (SSSR count). The van der Waals surface area contributed by atoms with E-state index in [1.54, 1.807) is 0 Å². The van der Waals surface area contributed by atoms with Gasteiger partial charge in [0, 0.05) is 13.0 Å². The van der Waals surface area contributed by atoms with Crippen LogP contribution in [0, 0.1) is 18.8 Å². The summed E-state index contributed by atoms with van der Waals surface area (Å²) in [6.45, 7) is 6.51. The van der Waals surface area contributed by atoms with Gasteiger partial charge in [0.1, 0.15) is 0 Å². The van der Waals surface area contributed by atoms with E-state index in [0.717, 1.165) is 24.2 Å². The van der Waals surface area contributed by atoms with Crippen molar-refractivity contribution in [2.75, 3.05) is 19.6 Å². The van der Waals surface area contributed by atoms with E-state index in [9.17, 15) is 9.90 Å². The van der Waals surface area contributed by atoms with Gasteiger partial charge in [0.15, 0.2) is 0 Å². The molecule has 1 heterocycles. The Balaban J connectivity index is 0.00000264. The van der Waals surface area contributed by atoms with E-state index >= 15 is 0 Å². The number of amides is 1. The summed E-state index contributed by atoms with van der Waals surface area (Å²) in [5.74, 6) is 0.995. The van der Waals surface area contributed by atoms with Crippen LogP contribution in [0.5, 0.6) is 0 Å². The van der Waals surface area contributed by atoms with E-state index in [-0.39, 0.29) is 24.9 Å². The lowest BCUT2D eigenvalue weighted by atomic mass is 9.85. The molecule has 23 heavy (non-hydrogen) atoms. The molecule has 4 nitrogen and oxygen atoms in total. The van der Waals surface area contributed by atoms with Crippen LogP contribution in [-0.4, -0.2) is 30.6 Å². The first kappa shape index (κ1) is 19.9. The van der Waals surface area contributed by atoms with Crippen LogP contribution < -0.4 is 10.6 Å². The average molecular weight is 341 g/mol. The van der Waals surface area contributed by atoms with Gasteiger partial charge in [-0.25, -0.2) is 0 Å². The van der Waals surface area contributed by atoms with Crippen molar-refractivity contribution in [3.05, 3.63) is 35.4 Å². The first-order valence-corrected chi connectivity index (χ1v) is 8.29. The van der Waals surface area contributed by atoms with Gasteiger partial charge < -0.3 is 15.7 Å². The van der Waals surface area contributed by atoms with Crippen molar-refractivity contribution in [1.29, 1.82) is 0 Å². The van der Waals surface area contributed by atoms with Crippen molar-refractivity contribution in [2.45, 2.75) is 39.2 Å². The van der Waals surface area contributed by atoms with Crippen LogP contribution in [0.3, 0.4) is 0 Å². The quantitative estimate of drug-likeness (QED) is 0.746. The first-order valence-electron chi connectivity index (χ1n) is 8.29. The molecule has 1 amide bonds. The highest BCUT2D eigenvalue weighted by atomic mass is 35.5. The molecule has 0 saturated carbocycles. The lowest BCUT2D eigenvalue weighted by Crippen LogP contribution is -2.36. The van der Waals surface area contributed by atoms with Crippen LogP contribution in [0.4, 0.5) is 0 Å². The number of halogens is 1. The highest BCUT2D eigenvalue weighted by molar-refractivity contribution is 5.85. The second-order valence-corrected chi connectivity index (χ2v) is 6.46. The number of carbonyl (C=O) groups is 1. The molecule has 3 unspecified atom stereocenters. The Morgan fingerprint density at radius 2 is 2.17 bits per heavy atom. The topological polar surface area (TPSA) is 61.4 Å². The Bertz CT molecular complexity index is 490. The summed E-state index contributed by atoms with van der Waals surface area (Å²) < 4.78 is 0. The molecule has 3 N–H and O–H groups in total. The minimum atomic E-state index is -0.642. The SMILES string of the molecule is Cc1ccccc1C(O)CNC(=O)CC(C)C1CCCNC1.Cl. The molecule has 1 aromatic rings. The molecule has 0 bridgehead atoms. The molecule has 130 valence electrons. The van der Waals surface area contributed by atoms with Crippen molar-refractivity contribution in [2.24, 2.45) is 11.8 Å². The standard InChI is InChI=1S/C18H28N2O2.ClH/c1-13-6-3-4-8-16(13)17(21)12-20-18(22)10-14(2)15-7-5-9-19-11-15;/h3-4,6,8,14-15,17,19,21H,5,7,9-12H2,1-2H3,(H,20,22);1H. The van der Waals surface area contributed by atoms with E-state index in [2.05, 4.69) is 17.6 Å². The normalized spacial score (nSPS) is 20.2. The van der Waals surface area contributed by atoms with Gasteiger partial charge in [-0.2, -0.15) is 0 Å². The number of aryl methyl sites for hydroxylation is 1. The number of nitrogens with one attached hydrogen (secondary N) is 2. The minimum Gasteiger partial charge on any atom is -0.387 e. The molecule has 0 radical (unpaired) electrons. The van der Waals surface area contributed by atoms with Crippen molar-refractivity contribution in [3.63, 3.8) is 0 Å². The van der Waals surface area contributed by atoms with Crippen molar-refractivity contribution in [3.8, 4) is 0 Å². The highest BCUT2D eigenvalue weighted by Gasteiger charge is 2.22. The lowest BCUT2D eigenvalue weighted by Gasteiger charge is -2.28. The van der Waals surface area contributed by atoms with E-state index in [4.69, 9.17) is 0 Å². The molecule has 1 saturated heterocycles. The van der Waals surface area contributed by atoms with Gasteiger partial charge in [-0.15, -0.1) is 12.4 Å². The Labute approximate surface area is 145 Å². The second kappa shape index (κ2) is 9.91. The third kappa shape index (κ3) is 6.13. The summed E-state index contributed by atoms with van der Waals surface area (Å²) >= 11 is 0. The fourth-order valence-corrected chi connectivity index (χ4v) is 3.18. The number of piperidine rings is 1. The predicted octanol–water partition coefficient (Wildman–Crippen LogP) is 2.59. The fourth-order valence-electron chi connectivity index (χ4n) is 3.18. The molecule has 1 aromatic carbocycles. The third-order valence-corrected chi connectivity index (χ3v) is 4.69. The lowest BCUT2D eigenvalue weighted by molar-refractivity contribution is -0.122. The maximum Gasteiger partial charge on any atom is 0.220 e. The van der Waals surface area contributed by atoms with Crippen LogP contribution in [-0.2, 0) is 4.79 Å². The average Bonchev–Trinajstić information content (AvgIpc) is 2.54. The molecule has 1 fully saturated rings. The van der Waals surface area contributed by atoms with Crippen molar-refractivity contribution in [1.82, 2.24) is 10.6 Å². The molecule has 1 aliphatic heterocycles. The molecular weight excluding hydrogens is 312 g/mol. The van der Waals surface area contributed by atoms with Gasteiger partial charge in [-0.05, 0) is 55.8 Å². The van der Waals surface area contributed by atoms with Gasteiger partial charge in [-0.1, -0.05) is 31.2 Å². The zero-order valence-corrected chi connectivity index (χ0v) is 14.9. The third-order valence-electron chi connectivity index (χ3n) is 4.69. The Hall–Kier alpha value is -1.10. The molecule has 0 spiro atoms. The van der Waals surface area contributed by atoms with Crippen molar-refractivity contribution < 1.29 is 9.90 Å². The molecule has 5 heteroatoms. The first-order chi connectivity index (χ1) is 10.6. The summed E-state index contributed by atoms with van der Waals surface area (Å²) in [5.41, 5.74) is 1.93. The minimum absolute atomic E-state index is 0. The van der Waals surface area contributed by atoms with Crippen LogP contribution in [0.1, 0.15) is 43.4 Å². The number of aliphatic hydroxyl groups excluding tert-OH is 1. The van der Waals surface area contributed by atoms with Crippen LogP contribution in [0.15, 0.2) is 24.3 Å². The summed E-state index contributed by atoms with van der Waals surface area (Å²) in [7, 11) is 0. The van der Waals surface area contributed by atoms with Crippen molar-refractivity contribution >= 4 is 18.3 Å². The summed E-state index contributed by atoms with van der Waals surface area (Å²) in [6.07, 6.45) is 2.29. The highest BCUT2D eigenvalue weighted by Crippen LogP contribution is 2.22. The number of rotatable bonds is 6. The fraction of sp³-hybridized carbons (Fsp3) is 0.611. The van der Waals surface area contributed by atoms with Gasteiger partial charge in [0.2, 0.25) is 5.91 Å². The number of hydrogen-bond acceptors (Lipinski definition) is 3. The van der Waals surface area contributed by atoms with Crippen LogP contribution in [0.2, 0.25) is 0 Å². The van der Waals surface area contributed by atoms with E-state index < -0.39 is 6.10 Å². The van der Waals surface area contributed by atoms with E-state index in [1.165, 1.54) is 12.8 Å². The summed E-state index contributed by atoms with van der Waals surface area (Å²) in [5, 5.41) is 16.5. The van der Waals surface area contributed by atoms with Gasteiger partial charge in [0.25, 0.3) is 0 Å². The molecule has 3 atom stereocenters. The zero-order valence-electron chi connectivity index (χ0n) is 14.0. The zero-order chi connectivity index (χ0) is 15.9. The van der Waals surface area contributed by atoms with Gasteiger partial charge in [-0.3, -0.25) is 4.79 Å². The maximum atomic E-state index is 12.1. The number of benzene rings is 1. The maximum absolute atomic E-state index is 12.1. The van der Waals surface area contributed by atoms with Gasteiger partial charge in [0.05, 0.1) is 6.10 Å². The summed E-state index contributed by atoms with van der Waals surface area (Å²) in [6, 6.07) is 7.73. The van der Waals surface area contributed by atoms with Gasteiger partial charge >= 0.3 is 0 Å². The second-order valence-electron chi connectivity index (χ2n) is 6.46.